The summed E-state index contributed by atoms with van der Waals surface area (Å²) in [6.45, 7) is 4.29. The molecule has 2 N–H and O–H groups in total. The van der Waals surface area contributed by atoms with Crippen molar-refractivity contribution in [2.24, 2.45) is 5.92 Å². The zero-order valence-electron chi connectivity index (χ0n) is 22.1. The molecule has 8 heteroatoms. The molecule has 1 amide bonds. The van der Waals surface area contributed by atoms with Crippen molar-refractivity contribution in [1.29, 1.82) is 0 Å². The molecule has 0 aliphatic carbocycles. The summed E-state index contributed by atoms with van der Waals surface area (Å²) in [5.41, 5.74) is 2.43. The average Bonchev–Trinajstić information content (AvgIpc) is 2.90. The Hall–Kier alpha value is -3.20. The Morgan fingerprint density at radius 1 is 0.868 bits per heavy atom. The van der Waals surface area contributed by atoms with Gasteiger partial charge >= 0.3 is 6.09 Å². The maximum atomic E-state index is 13.4. The van der Waals surface area contributed by atoms with Gasteiger partial charge in [0.05, 0.1) is 17.9 Å². The number of benzene rings is 3. The number of hydrogen-bond acceptors (Lipinski definition) is 5. The van der Waals surface area contributed by atoms with E-state index in [-0.39, 0.29) is 31.4 Å². The van der Waals surface area contributed by atoms with Gasteiger partial charge in [0.25, 0.3) is 0 Å². The molecule has 0 bridgehead atoms. The van der Waals surface area contributed by atoms with E-state index < -0.39 is 28.3 Å². The maximum absolute atomic E-state index is 13.4. The van der Waals surface area contributed by atoms with Gasteiger partial charge in [-0.05, 0) is 35.4 Å². The van der Waals surface area contributed by atoms with Crippen molar-refractivity contribution in [2.45, 2.75) is 51.2 Å². The lowest BCUT2D eigenvalue weighted by molar-refractivity contribution is 0.0882. The number of aliphatic hydroxyl groups excluding tert-OH is 1. The molecule has 204 valence electrons. The van der Waals surface area contributed by atoms with E-state index in [1.807, 2.05) is 80.6 Å². The Morgan fingerprint density at radius 3 is 1.95 bits per heavy atom. The highest BCUT2D eigenvalue weighted by atomic mass is 32.2. The fraction of sp³-hybridized carbons (Fsp3) is 0.367. The number of carbonyl (C=O) groups excluding carboxylic acids is 1. The molecule has 0 radical (unpaired) electrons. The Kier molecular flexibility index (Phi) is 11.3. The van der Waals surface area contributed by atoms with Crippen LogP contribution in [-0.4, -0.2) is 49.2 Å². The molecule has 0 aliphatic rings. The van der Waals surface area contributed by atoms with Crippen LogP contribution < -0.4 is 5.32 Å². The number of nitrogens with zero attached hydrogens (tertiary/aromatic N) is 1. The molecule has 0 spiro atoms. The van der Waals surface area contributed by atoms with Crippen LogP contribution in [0, 0.1) is 5.92 Å². The van der Waals surface area contributed by atoms with Crippen molar-refractivity contribution < 1.29 is 23.1 Å². The zero-order chi connectivity index (χ0) is 27.4. The SMILES string of the molecule is CC(C)CCN(C[C@@H](O)[C@H](Cc1ccccc1)NC(=O)OCc1ccccc1)S(=O)(=O)Cc1ccccc1. The van der Waals surface area contributed by atoms with Crippen LogP contribution in [0.15, 0.2) is 91.0 Å². The standard InChI is InChI=1S/C30H38N2O5S/c1-24(2)18-19-32(38(35,36)23-27-16-10-5-11-17-27)21-29(33)28(20-25-12-6-3-7-13-25)31-30(34)37-22-26-14-8-4-9-15-26/h3-17,24,28-29,33H,18-23H2,1-2H3,(H,31,34)/t28-,29+/m0/s1. The predicted molar refractivity (Wildman–Crippen MR) is 150 cm³/mol. The van der Waals surface area contributed by atoms with Gasteiger partial charge in [0, 0.05) is 13.1 Å². The van der Waals surface area contributed by atoms with Crippen LogP contribution in [0.25, 0.3) is 0 Å². The minimum atomic E-state index is -3.72. The molecular formula is C30H38N2O5S. The molecule has 2 atom stereocenters. The highest BCUT2D eigenvalue weighted by molar-refractivity contribution is 7.88. The summed E-state index contributed by atoms with van der Waals surface area (Å²) in [4.78, 5) is 12.7. The molecule has 0 saturated carbocycles. The molecule has 3 aromatic rings. The second kappa shape index (κ2) is 14.7. The smallest absolute Gasteiger partial charge is 0.407 e. The first-order valence-electron chi connectivity index (χ1n) is 12.9. The molecule has 0 fully saturated rings. The van der Waals surface area contributed by atoms with Gasteiger partial charge < -0.3 is 15.2 Å². The van der Waals surface area contributed by atoms with Crippen LogP contribution in [0.3, 0.4) is 0 Å². The summed E-state index contributed by atoms with van der Waals surface area (Å²) < 4.78 is 33.6. The number of ether oxygens (including phenoxy) is 1. The van der Waals surface area contributed by atoms with Gasteiger partial charge in [0.15, 0.2) is 0 Å². The molecule has 0 aliphatic heterocycles. The fourth-order valence-corrected chi connectivity index (χ4v) is 5.59. The van der Waals surface area contributed by atoms with Crippen molar-refractivity contribution in [3.8, 4) is 0 Å². The van der Waals surface area contributed by atoms with Crippen LogP contribution in [-0.2, 0) is 33.5 Å². The molecule has 3 rings (SSSR count). The number of rotatable bonds is 14. The summed E-state index contributed by atoms with van der Waals surface area (Å²) >= 11 is 0. The Bertz CT molecular complexity index is 1210. The summed E-state index contributed by atoms with van der Waals surface area (Å²) in [5, 5.41) is 14.1. The van der Waals surface area contributed by atoms with Gasteiger partial charge in [-0.15, -0.1) is 0 Å². The van der Waals surface area contributed by atoms with Gasteiger partial charge in [-0.25, -0.2) is 13.2 Å². The zero-order valence-corrected chi connectivity index (χ0v) is 22.9. The van der Waals surface area contributed by atoms with Crippen LogP contribution in [0.2, 0.25) is 0 Å². The minimum absolute atomic E-state index is 0.0901. The number of alkyl carbamates (subject to hydrolysis) is 1. The lowest BCUT2D eigenvalue weighted by atomic mass is 10.0. The third kappa shape index (κ3) is 9.93. The van der Waals surface area contributed by atoms with Crippen molar-refractivity contribution in [3.05, 3.63) is 108 Å². The lowest BCUT2D eigenvalue weighted by Crippen LogP contribution is -2.51. The van der Waals surface area contributed by atoms with Gasteiger partial charge in [-0.3, -0.25) is 0 Å². The highest BCUT2D eigenvalue weighted by Crippen LogP contribution is 2.16. The van der Waals surface area contributed by atoms with E-state index in [9.17, 15) is 18.3 Å². The summed E-state index contributed by atoms with van der Waals surface area (Å²) in [6.07, 6.45) is -0.859. The number of sulfonamides is 1. The van der Waals surface area contributed by atoms with Gasteiger partial charge in [0.1, 0.15) is 6.61 Å². The number of carbonyl (C=O) groups is 1. The first kappa shape index (κ1) is 29.4. The second-order valence-electron chi connectivity index (χ2n) is 9.85. The number of hydrogen-bond donors (Lipinski definition) is 2. The molecular weight excluding hydrogens is 500 g/mol. The fourth-order valence-electron chi connectivity index (χ4n) is 4.03. The number of aliphatic hydroxyl groups is 1. The van der Waals surface area contributed by atoms with Crippen molar-refractivity contribution in [1.82, 2.24) is 9.62 Å². The predicted octanol–water partition coefficient (Wildman–Crippen LogP) is 4.76. The van der Waals surface area contributed by atoms with E-state index in [4.69, 9.17) is 4.74 Å². The van der Waals surface area contributed by atoms with E-state index in [0.29, 0.717) is 18.4 Å². The summed E-state index contributed by atoms with van der Waals surface area (Å²) in [7, 11) is -3.72. The van der Waals surface area contributed by atoms with Crippen molar-refractivity contribution in [3.63, 3.8) is 0 Å². The normalized spacial score (nSPS) is 13.3. The van der Waals surface area contributed by atoms with Gasteiger partial charge in [-0.2, -0.15) is 4.31 Å². The van der Waals surface area contributed by atoms with E-state index in [1.165, 1.54) is 4.31 Å². The molecule has 0 heterocycles. The Morgan fingerprint density at radius 2 is 1.39 bits per heavy atom. The van der Waals surface area contributed by atoms with Crippen LogP contribution in [0.5, 0.6) is 0 Å². The molecule has 38 heavy (non-hydrogen) atoms. The quantitative estimate of drug-likeness (QED) is 0.308. The van der Waals surface area contributed by atoms with Crippen LogP contribution in [0.1, 0.15) is 37.0 Å². The van der Waals surface area contributed by atoms with Crippen molar-refractivity contribution in [2.75, 3.05) is 13.1 Å². The minimum Gasteiger partial charge on any atom is -0.445 e. The largest absolute Gasteiger partial charge is 0.445 e. The first-order chi connectivity index (χ1) is 18.2. The second-order valence-corrected chi connectivity index (χ2v) is 11.8. The first-order valence-corrected chi connectivity index (χ1v) is 14.5. The van der Waals surface area contributed by atoms with E-state index in [2.05, 4.69) is 5.32 Å². The van der Waals surface area contributed by atoms with Crippen LogP contribution in [0.4, 0.5) is 4.79 Å². The Balaban J connectivity index is 1.75. The van der Waals surface area contributed by atoms with Gasteiger partial charge in [0.2, 0.25) is 10.0 Å². The third-order valence-corrected chi connectivity index (χ3v) is 8.03. The third-order valence-electron chi connectivity index (χ3n) is 6.21. The monoisotopic (exact) mass is 538 g/mol. The average molecular weight is 539 g/mol. The summed E-state index contributed by atoms with van der Waals surface area (Å²) in [5.74, 6) is 0.127. The molecule has 0 aromatic heterocycles. The van der Waals surface area contributed by atoms with Gasteiger partial charge in [-0.1, -0.05) is 105 Å². The topological polar surface area (TPSA) is 95.9 Å². The molecule has 7 nitrogen and oxygen atoms in total. The number of nitrogens with one attached hydrogen (secondary N) is 1. The maximum Gasteiger partial charge on any atom is 0.407 e. The van der Waals surface area contributed by atoms with Crippen molar-refractivity contribution >= 4 is 16.1 Å². The highest BCUT2D eigenvalue weighted by Gasteiger charge is 2.30. The number of amides is 1. The molecule has 0 unspecified atom stereocenters. The summed E-state index contributed by atoms with van der Waals surface area (Å²) in [6, 6.07) is 27.0. The lowest BCUT2D eigenvalue weighted by Gasteiger charge is -2.30. The van der Waals surface area contributed by atoms with Crippen LogP contribution >= 0.6 is 0 Å². The van der Waals surface area contributed by atoms with E-state index >= 15 is 0 Å². The van der Waals surface area contributed by atoms with E-state index in [1.54, 1.807) is 24.3 Å². The van der Waals surface area contributed by atoms with E-state index in [0.717, 1.165) is 11.1 Å². The molecule has 0 saturated heterocycles. The molecule has 3 aromatic carbocycles. The Labute approximate surface area is 226 Å².